The number of hydrogen-bond acceptors (Lipinski definition) is 3. The zero-order valence-corrected chi connectivity index (χ0v) is 15.6. The average Bonchev–Trinajstić information content (AvgIpc) is 3.22. The van der Waals surface area contributed by atoms with Crippen molar-refractivity contribution in [1.82, 2.24) is 10.2 Å². The van der Waals surface area contributed by atoms with Crippen LogP contribution in [0.15, 0.2) is 54.6 Å². The van der Waals surface area contributed by atoms with E-state index in [9.17, 15) is 9.59 Å². The van der Waals surface area contributed by atoms with E-state index in [1.807, 2.05) is 49.5 Å². The van der Waals surface area contributed by atoms with E-state index < -0.39 is 0 Å². The summed E-state index contributed by atoms with van der Waals surface area (Å²) in [5.41, 5.74) is 3.00. The van der Waals surface area contributed by atoms with Gasteiger partial charge in [-0.2, -0.15) is 0 Å². The number of anilines is 2. The van der Waals surface area contributed by atoms with Crippen molar-refractivity contribution in [3.8, 4) is 0 Å². The highest BCUT2D eigenvalue weighted by Gasteiger charge is 2.18. The van der Waals surface area contributed by atoms with Crippen LogP contribution < -0.4 is 15.5 Å². The summed E-state index contributed by atoms with van der Waals surface area (Å²) in [5, 5.41) is 5.39. The van der Waals surface area contributed by atoms with Crippen LogP contribution in [0.3, 0.4) is 0 Å². The number of hydrogen-bond donors (Lipinski definition) is 2. The van der Waals surface area contributed by atoms with E-state index in [2.05, 4.69) is 27.7 Å². The van der Waals surface area contributed by atoms with Crippen LogP contribution in [-0.4, -0.2) is 43.5 Å². The topological polar surface area (TPSA) is 64.7 Å². The number of carbonyl (C=O) groups is 2. The summed E-state index contributed by atoms with van der Waals surface area (Å²) >= 11 is 0. The highest BCUT2D eigenvalue weighted by molar-refractivity contribution is 5.92. The van der Waals surface area contributed by atoms with Gasteiger partial charge in [-0.05, 0) is 42.7 Å². The van der Waals surface area contributed by atoms with Crippen LogP contribution in [0, 0.1) is 0 Å². The van der Waals surface area contributed by atoms with Gasteiger partial charge in [-0.25, -0.2) is 4.79 Å². The van der Waals surface area contributed by atoms with Gasteiger partial charge in [-0.3, -0.25) is 4.79 Å². The van der Waals surface area contributed by atoms with Crippen molar-refractivity contribution in [2.24, 2.45) is 0 Å². The molecule has 0 spiro atoms. The third-order valence-corrected chi connectivity index (χ3v) is 4.69. The second kappa shape index (κ2) is 9.07. The molecule has 0 radical (unpaired) electrons. The number of likely N-dealkylation sites (tertiary alicyclic amines) is 1. The van der Waals surface area contributed by atoms with Gasteiger partial charge in [0.15, 0.2) is 0 Å². The molecule has 1 aliphatic rings. The maximum Gasteiger partial charge on any atom is 0.319 e. The molecule has 6 nitrogen and oxygen atoms in total. The SMILES string of the molecule is CN(Cc1ccccc1)c1ccc(NC(=O)NCC(=O)N2CCCC2)cc1. The van der Waals surface area contributed by atoms with Gasteiger partial charge in [0.25, 0.3) is 0 Å². The zero-order valence-electron chi connectivity index (χ0n) is 15.6. The molecular weight excluding hydrogens is 340 g/mol. The van der Waals surface area contributed by atoms with Gasteiger partial charge in [-0.1, -0.05) is 30.3 Å². The lowest BCUT2D eigenvalue weighted by atomic mass is 10.2. The number of rotatable bonds is 6. The number of benzene rings is 2. The maximum atomic E-state index is 12.0. The molecule has 0 atom stereocenters. The predicted molar refractivity (Wildman–Crippen MR) is 108 cm³/mol. The number of amides is 3. The Bertz CT molecular complexity index is 756. The van der Waals surface area contributed by atoms with Gasteiger partial charge >= 0.3 is 6.03 Å². The first-order valence-electron chi connectivity index (χ1n) is 9.29. The summed E-state index contributed by atoms with van der Waals surface area (Å²) < 4.78 is 0. The van der Waals surface area contributed by atoms with Crippen LogP contribution >= 0.6 is 0 Å². The zero-order chi connectivity index (χ0) is 19.1. The minimum absolute atomic E-state index is 0.0273. The minimum Gasteiger partial charge on any atom is -0.370 e. The summed E-state index contributed by atoms with van der Waals surface area (Å²) in [6.45, 7) is 2.43. The van der Waals surface area contributed by atoms with Crippen LogP contribution in [0.1, 0.15) is 18.4 Å². The highest BCUT2D eigenvalue weighted by Crippen LogP contribution is 2.18. The van der Waals surface area contributed by atoms with E-state index in [-0.39, 0.29) is 18.5 Å². The van der Waals surface area contributed by atoms with E-state index in [4.69, 9.17) is 0 Å². The molecule has 0 aromatic heterocycles. The standard InChI is InChI=1S/C21H26N4O2/c1-24(16-17-7-3-2-4-8-17)19-11-9-18(10-12-19)23-21(27)22-15-20(26)25-13-5-6-14-25/h2-4,7-12H,5-6,13-16H2,1H3,(H2,22,23,27). The lowest BCUT2D eigenvalue weighted by Crippen LogP contribution is -2.40. The lowest BCUT2D eigenvalue weighted by molar-refractivity contribution is -0.128. The summed E-state index contributed by atoms with van der Waals surface area (Å²) in [6.07, 6.45) is 2.09. The van der Waals surface area contributed by atoms with Crippen LogP contribution in [0.5, 0.6) is 0 Å². The van der Waals surface area contributed by atoms with Crippen LogP contribution in [0.4, 0.5) is 16.2 Å². The largest absolute Gasteiger partial charge is 0.370 e. The summed E-state index contributed by atoms with van der Waals surface area (Å²) in [7, 11) is 2.03. The quantitative estimate of drug-likeness (QED) is 0.826. The molecule has 27 heavy (non-hydrogen) atoms. The van der Waals surface area contributed by atoms with Crippen molar-refractivity contribution >= 4 is 23.3 Å². The number of carbonyl (C=O) groups excluding carboxylic acids is 2. The number of nitrogens with zero attached hydrogens (tertiary/aromatic N) is 2. The molecule has 1 heterocycles. The van der Waals surface area contributed by atoms with E-state index in [0.29, 0.717) is 5.69 Å². The molecule has 2 aromatic rings. The molecule has 1 fully saturated rings. The Labute approximate surface area is 160 Å². The van der Waals surface area contributed by atoms with Crippen LogP contribution in [-0.2, 0) is 11.3 Å². The fourth-order valence-electron chi connectivity index (χ4n) is 3.16. The monoisotopic (exact) mass is 366 g/mol. The highest BCUT2D eigenvalue weighted by atomic mass is 16.2. The predicted octanol–water partition coefficient (Wildman–Crippen LogP) is 3.07. The van der Waals surface area contributed by atoms with E-state index >= 15 is 0 Å². The summed E-state index contributed by atoms with van der Waals surface area (Å²) in [6, 6.07) is 17.5. The second-order valence-corrected chi connectivity index (χ2v) is 6.78. The molecule has 0 bridgehead atoms. The smallest absolute Gasteiger partial charge is 0.319 e. The molecule has 3 amide bonds. The number of nitrogens with one attached hydrogen (secondary N) is 2. The van der Waals surface area contributed by atoms with Crippen molar-refractivity contribution in [3.63, 3.8) is 0 Å². The van der Waals surface area contributed by atoms with Crippen LogP contribution in [0.25, 0.3) is 0 Å². The Hall–Kier alpha value is -3.02. The molecule has 1 saturated heterocycles. The molecule has 3 rings (SSSR count). The molecule has 2 aromatic carbocycles. The Morgan fingerprint density at radius 3 is 2.33 bits per heavy atom. The molecule has 0 saturated carbocycles. The van der Waals surface area contributed by atoms with Gasteiger partial charge in [0, 0.05) is 38.1 Å². The Balaban J connectivity index is 1.46. The third-order valence-electron chi connectivity index (χ3n) is 4.69. The third kappa shape index (κ3) is 5.48. The first kappa shape index (κ1) is 18.8. The van der Waals surface area contributed by atoms with Crippen molar-refractivity contribution in [1.29, 1.82) is 0 Å². The van der Waals surface area contributed by atoms with Crippen LogP contribution in [0.2, 0.25) is 0 Å². The normalized spacial score (nSPS) is 13.3. The maximum absolute atomic E-state index is 12.0. The Morgan fingerprint density at radius 2 is 1.67 bits per heavy atom. The number of urea groups is 1. The minimum atomic E-state index is -0.368. The Morgan fingerprint density at radius 1 is 1.00 bits per heavy atom. The second-order valence-electron chi connectivity index (χ2n) is 6.78. The van der Waals surface area contributed by atoms with Gasteiger partial charge < -0.3 is 20.4 Å². The van der Waals surface area contributed by atoms with E-state index in [0.717, 1.165) is 38.2 Å². The molecule has 1 aliphatic heterocycles. The Kier molecular flexibility index (Phi) is 6.30. The molecule has 0 aliphatic carbocycles. The van der Waals surface area contributed by atoms with Crippen molar-refractivity contribution in [2.75, 3.05) is 36.9 Å². The van der Waals surface area contributed by atoms with Gasteiger partial charge in [-0.15, -0.1) is 0 Å². The van der Waals surface area contributed by atoms with Crippen molar-refractivity contribution in [3.05, 3.63) is 60.2 Å². The van der Waals surface area contributed by atoms with Crippen molar-refractivity contribution < 1.29 is 9.59 Å². The van der Waals surface area contributed by atoms with Gasteiger partial charge in [0.05, 0.1) is 6.54 Å². The fraction of sp³-hybridized carbons (Fsp3) is 0.333. The molecular formula is C21H26N4O2. The first-order valence-corrected chi connectivity index (χ1v) is 9.29. The fourth-order valence-corrected chi connectivity index (χ4v) is 3.16. The van der Waals surface area contributed by atoms with Gasteiger partial charge in [0.2, 0.25) is 5.91 Å². The first-order chi connectivity index (χ1) is 13.1. The molecule has 142 valence electrons. The molecule has 6 heteroatoms. The lowest BCUT2D eigenvalue weighted by Gasteiger charge is -2.20. The van der Waals surface area contributed by atoms with Gasteiger partial charge in [0.1, 0.15) is 0 Å². The molecule has 0 unspecified atom stereocenters. The van der Waals surface area contributed by atoms with Crippen molar-refractivity contribution in [2.45, 2.75) is 19.4 Å². The summed E-state index contributed by atoms with van der Waals surface area (Å²) in [4.78, 5) is 27.9. The summed E-state index contributed by atoms with van der Waals surface area (Å²) in [5.74, 6) is -0.0273. The molecule has 2 N–H and O–H groups in total. The average molecular weight is 366 g/mol. The van der Waals surface area contributed by atoms with E-state index in [1.54, 1.807) is 4.90 Å². The van der Waals surface area contributed by atoms with E-state index in [1.165, 1.54) is 5.56 Å².